The summed E-state index contributed by atoms with van der Waals surface area (Å²) in [6.45, 7) is 0. The molecule has 0 spiro atoms. The van der Waals surface area contributed by atoms with Crippen molar-refractivity contribution in [2.24, 2.45) is 11.8 Å². The van der Waals surface area contributed by atoms with E-state index < -0.39 is 6.04 Å². The number of carbonyl (C=O) groups excluding carboxylic acids is 2. The lowest BCUT2D eigenvalue weighted by Gasteiger charge is -2.32. The fraction of sp³-hybridized carbons (Fsp3) is 0.476. The molecule has 1 aromatic heterocycles. The largest absolute Gasteiger partial charge is 0.361 e. The molecular formula is C21H24N4O2. The van der Waals surface area contributed by atoms with Crippen LogP contribution >= 0.6 is 0 Å². The van der Waals surface area contributed by atoms with Crippen LogP contribution in [0.5, 0.6) is 0 Å². The Labute approximate surface area is 158 Å². The topological polar surface area (TPSA) is 97.8 Å². The fourth-order valence-corrected chi connectivity index (χ4v) is 4.09. The van der Waals surface area contributed by atoms with E-state index in [1.807, 2.05) is 30.5 Å². The van der Waals surface area contributed by atoms with Crippen molar-refractivity contribution in [3.05, 3.63) is 36.0 Å². The number of carbonyl (C=O) groups is 2. The number of benzene rings is 1. The molecule has 0 aliphatic heterocycles. The van der Waals surface area contributed by atoms with E-state index in [0.29, 0.717) is 11.5 Å². The number of hydrogen-bond acceptors (Lipinski definition) is 3. The molecule has 2 saturated carbocycles. The molecule has 2 aliphatic rings. The number of aromatic amines is 1. The van der Waals surface area contributed by atoms with E-state index in [2.05, 4.69) is 21.7 Å². The molecule has 2 amide bonds. The van der Waals surface area contributed by atoms with Gasteiger partial charge in [0.2, 0.25) is 5.91 Å². The number of aromatic nitrogens is 1. The fourth-order valence-electron chi connectivity index (χ4n) is 4.09. The molecule has 2 aliphatic carbocycles. The van der Waals surface area contributed by atoms with Crippen LogP contribution in [-0.2, 0) is 4.79 Å². The molecule has 1 aromatic carbocycles. The molecule has 3 N–H and O–H groups in total. The number of nitrogens with one attached hydrogen (secondary N) is 3. The predicted octanol–water partition coefficient (Wildman–Crippen LogP) is 2.87. The summed E-state index contributed by atoms with van der Waals surface area (Å²) in [7, 11) is 0. The van der Waals surface area contributed by atoms with Crippen molar-refractivity contribution in [3.63, 3.8) is 0 Å². The van der Waals surface area contributed by atoms with Crippen molar-refractivity contribution in [1.82, 2.24) is 15.6 Å². The molecule has 2 fully saturated rings. The van der Waals surface area contributed by atoms with Gasteiger partial charge in [-0.1, -0.05) is 18.9 Å². The summed E-state index contributed by atoms with van der Waals surface area (Å²) >= 11 is 0. The Morgan fingerprint density at radius 2 is 1.96 bits per heavy atom. The summed E-state index contributed by atoms with van der Waals surface area (Å²) in [6.07, 6.45) is 7.32. The molecule has 3 atom stereocenters. The maximum absolute atomic E-state index is 12.9. The summed E-state index contributed by atoms with van der Waals surface area (Å²) in [6, 6.07) is 9.10. The number of nitrogens with zero attached hydrogens (tertiary/aromatic N) is 1. The molecular weight excluding hydrogens is 340 g/mol. The molecule has 140 valence electrons. The van der Waals surface area contributed by atoms with Crippen LogP contribution in [0.3, 0.4) is 0 Å². The van der Waals surface area contributed by atoms with Crippen LogP contribution in [0.15, 0.2) is 30.5 Å². The van der Waals surface area contributed by atoms with Gasteiger partial charge in [0.15, 0.2) is 0 Å². The number of fused-ring (bicyclic) bond motifs is 1. The summed E-state index contributed by atoms with van der Waals surface area (Å²) in [4.78, 5) is 28.8. The lowest BCUT2D eigenvalue weighted by molar-refractivity contribution is -0.127. The second-order valence-electron chi connectivity index (χ2n) is 7.67. The van der Waals surface area contributed by atoms with Gasteiger partial charge in [-0.3, -0.25) is 9.59 Å². The second-order valence-corrected chi connectivity index (χ2v) is 7.67. The lowest BCUT2D eigenvalue weighted by atomic mass is 9.83. The van der Waals surface area contributed by atoms with E-state index in [9.17, 15) is 14.9 Å². The minimum atomic E-state index is -0.399. The smallest absolute Gasteiger partial charge is 0.252 e. The van der Waals surface area contributed by atoms with Crippen LogP contribution < -0.4 is 10.6 Å². The average molecular weight is 364 g/mol. The Morgan fingerprint density at radius 3 is 2.74 bits per heavy atom. The normalized spacial score (nSPS) is 23.4. The van der Waals surface area contributed by atoms with Gasteiger partial charge in [-0.25, -0.2) is 0 Å². The number of amides is 2. The van der Waals surface area contributed by atoms with Crippen molar-refractivity contribution in [1.29, 1.82) is 5.26 Å². The van der Waals surface area contributed by atoms with Crippen molar-refractivity contribution in [2.45, 2.75) is 50.6 Å². The molecule has 0 saturated heterocycles. The first-order chi connectivity index (χ1) is 13.2. The van der Waals surface area contributed by atoms with E-state index in [1.165, 1.54) is 0 Å². The Morgan fingerprint density at radius 1 is 1.15 bits per heavy atom. The van der Waals surface area contributed by atoms with E-state index in [0.717, 1.165) is 49.4 Å². The predicted molar refractivity (Wildman–Crippen MR) is 102 cm³/mol. The molecule has 0 radical (unpaired) electrons. The van der Waals surface area contributed by atoms with Crippen molar-refractivity contribution in [2.75, 3.05) is 0 Å². The molecule has 27 heavy (non-hydrogen) atoms. The maximum atomic E-state index is 12.9. The molecule has 6 heteroatoms. The van der Waals surface area contributed by atoms with Crippen LogP contribution in [0, 0.1) is 23.2 Å². The third-order valence-electron chi connectivity index (χ3n) is 5.79. The van der Waals surface area contributed by atoms with E-state index in [1.54, 1.807) is 0 Å². The number of nitriles is 1. The van der Waals surface area contributed by atoms with Crippen LogP contribution in [0.25, 0.3) is 10.9 Å². The Hall–Kier alpha value is -2.81. The third-order valence-corrected chi connectivity index (χ3v) is 5.79. The van der Waals surface area contributed by atoms with Gasteiger partial charge in [-0.2, -0.15) is 5.26 Å². The van der Waals surface area contributed by atoms with Gasteiger partial charge in [0, 0.05) is 28.7 Å². The minimum absolute atomic E-state index is 0.0988. The van der Waals surface area contributed by atoms with Gasteiger partial charge in [0.25, 0.3) is 5.91 Å². The van der Waals surface area contributed by atoms with Gasteiger partial charge < -0.3 is 15.6 Å². The Kier molecular flexibility index (Phi) is 4.85. The number of rotatable bonds is 5. The molecule has 1 heterocycles. The summed E-state index contributed by atoms with van der Waals surface area (Å²) in [5.74, 6) is -0.230. The average Bonchev–Trinajstić information content (AvgIpc) is 3.42. The highest BCUT2D eigenvalue weighted by Gasteiger charge is 2.37. The minimum Gasteiger partial charge on any atom is -0.361 e. The highest BCUT2D eigenvalue weighted by molar-refractivity contribution is 6.06. The van der Waals surface area contributed by atoms with E-state index >= 15 is 0 Å². The third kappa shape index (κ3) is 3.68. The van der Waals surface area contributed by atoms with Crippen molar-refractivity contribution < 1.29 is 9.59 Å². The Bertz CT molecular complexity index is 893. The zero-order chi connectivity index (χ0) is 18.8. The van der Waals surface area contributed by atoms with Gasteiger partial charge in [-0.15, -0.1) is 0 Å². The SMILES string of the molecule is N#CC(NC(=O)C1CCCCC1NC(=O)c1cccc2[nH]ccc12)C1CC1. The summed E-state index contributed by atoms with van der Waals surface area (Å²) < 4.78 is 0. The van der Waals surface area contributed by atoms with Gasteiger partial charge in [0.1, 0.15) is 6.04 Å². The zero-order valence-corrected chi connectivity index (χ0v) is 15.2. The van der Waals surface area contributed by atoms with Gasteiger partial charge in [-0.05, 0) is 49.8 Å². The molecule has 0 bridgehead atoms. The van der Waals surface area contributed by atoms with Gasteiger partial charge in [0.05, 0.1) is 12.0 Å². The summed E-state index contributed by atoms with van der Waals surface area (Å²) in [5, 5.41) is 16.2. The van der Waals surface area contributed by atoms with Crippen LogP contribution in [0.2, 0.25) is 0 Å². The standard InChI is InChI=1S/C21H24N4O2/c22-12-19(13-8-9-13)25-21(27)16-4-1-2-6-18(16)24-20(26)15-5-3-7-17-14(15)10-11-23-17/h3,5,7,10-11,13,16,18-19,23H,1-2,4,6,8-9H2,(H,24,26)(H,25,27). The monoisotopic (exact) mass is 364 g/mol. The lowest BCUT2D eigenvalue weighted by Crippen LogP contribution is -2.50. The number of H-pyrrole nitrogens is 1. The van der Waals surface area contributed by atoms with Crippen LogP contribution in [-0.4, -0.2) is 28.9 Å². The second kappa shape index (κ2) is 7.43. The first-order valence-corrected chi connectivity index (χ1v) is 9.74. The van der Waals surface area contributed by atoms with Gasteiger partial charge >= 0.3 is 0 Å². The molecule has 6 nitrogen and oxygen atoms in total. The molecule has 3 unspecified atom stereocenters. The maximum Gasteiger partial charge on any atom is 0.252 e. The molecule has 4 rings (SSSR count). The number of hydrogen-bond donors (Lipinski definition) is 3. The van der Waals surface area contributed by atoms with E-state index in [-0.39, 0.29) is 23.8 Å². The highest BCUT2D eigenvalue weighted by atomic mass is 16.2. The first kappa shape index (κ1) is 17.6. The molecule has 2 aromatic rings. The quantitative estimate of drug-likeness (QED) is 0.761. The summed E-state index contributed by atoms with van der Waals surface area (Å²) in [5.41, 5.74) is 1.54. The first-order valence-electron chi connectivity index (χ1n) is 9.74. The highest BCUT2D eigenvalue weighted by Crippen LogP contribution is 2.33. The zero-order valence-electron chi connectivity index (χ0n) is 15.2. The van der Waals surface area contributed by atoms with Crippen molar-refractivity contribution in [3.8, 4) is 6.07 Å². The van der Waals surface area contributed by atoms with Crippen LogP contribution in [0.4, 0.5) is 0 Å². The van der Waals surface area contributed by atoms with Crippen molar-refractivity contribution >= 4 is 22.7 Å². The van der Waals surface area contributed by atoms with E-state index in [4.69, 9.17) is 0 Å². The van der Waals surface area contributed by atoms with Crippen LogP contribution in [0.1, 0.15) is 48.9 Å². The Balaban J connectivity index is 1.47.